The summed E-state index contributed by atoms with van der Waals surface area (Å²) in [4.78, 5) is 0. The van der Waals surface area contributed by atoms with Crippen molar-refractivity contribution in [2.45, 2.75) is 19.3 Å². The van der Waals surface area contributed by atoms with Gasteiger partial charge in [-0.3, -0.25) is 0 Å². The van der Waals surface area contributed by atoms with E-state index in [0.717, 1.165) is 29.3 Å². The van der Waals surface area contributed by atoms with Crippen molar-refractivity contribution in [1.82, 2.24) is 0 Å². The first kappa shape index (κ1) is 9.72. The minimum Gasteiger partial charge on any atom is -0.207 e. The first-order valence-corrected chi connectivity index (χ1v) is 4.76. The van der Waals surface area contributed by atoms with Gasteiger partial charge in [-0.25, -0.2) is 4.39 Å². The number of aryl methyl sites for hydroxylation is 1. The van der Waals surface area contributed by atoms with Gasteiger partial charge < -0.3 is 0 Å². The van der Waals surface area contributed by atoms with E-state index in [0.29, 0.717) is 0 Å². The molecule has 2 heteroatoms. The Morgan fingerprint density at radius 2 is 2.08 bits per heavy atom. The molecule has 0 aromatic heterocycles. The Morgan fingerprint density at radius 3 is 2.67 bits per heavy atom. The van der Waals surface area contributed by atoms with E-state index in [1.54, 1.807) is 6.07 Å². The fourth-order valence-corrected chi connectivity index (χ4v) is 1.60. The molecule has 0 bridgehead atoms. The molecule has 0 saturated carbocycles. The summed E-state index contributed by atoms with van der Waals surface area (Å²) in [5.41, 5.74) is 1.03. The van der Waals surface area contributed by atoms with Gasteiger partial charge in [0.2, 0.25) is 0 Å². The van der Waals surface area contributed by atoms with Gasteiger partial charge in [0.05, 0.1) is 0 Å². The lowest BCUT2D eigenvalue weighted by atomic mass is 10.1. The maximum atomic E-state index is 12.8. The van der Waals surface area contributed by atoms with Crippen molar-refractivity contribution in [3.63, 3.8) is 0 Å². The maximum Gasteiger partial charge on any atom is 0.124 e. The largest absolute Gasteiger partial charge is 0.207 e. The molecule has 1 aromatic rings. The number of halogens is 2. The molecule has 65 valence electrons. The van der Waals surface area contributed by atoms with Crippen LogP contribution >= 0.6 is 15.9 Å². The molecular weight excluding hydrogens is 219 g/mol. The number of rotatable bonds is 3. The molecule has 1 radical (unpaired) electrons. The van der Waals surface area contributed by atoms with Crippen molar-refractivity contribution in [3.8, 4) is 0 Å². The van der Waals surface area contributed by atoms with E-state index >= 15 is 0 Å². The van der Waals surface area contributed by atoms with Crippen LogP contribution in [0.25, 0.3) is 0 Å². The molecule has 0 atom stereocenters. The Hall–Kier alpha value is -0.370. The first-order valence-electron chi connectivity index (χ1n) is 3.96. The average Bonchev–Trinajstić information content (AvgIpc) is 1.99. The highest BCUT2D eigenvalue weighted by molar-refractivity contribution is 9.10. The summed E-state index contributed by atoms with van der Waals surface area (Å²) in [5.74, 6) is -0.177. The lowest BCUT2D eigenvalue weighted by Gasteiger charge is -2.00. The molecule has 0 fully saturated rings. The smallest absolute Gasteiger partial charge is 0.124 e. The van der Waals surface area contributed by atoms with Gasteiger partial charge in [0.25, 0.3) is 0 Å². The predicted molar refractivity (Wildman–Crippen MR) is 52.4 cm³/mol. The summed E-state index contributed by atoms with van der Waals surface area (Å²) >= 11 is 3.25. The van der Waals surface area contributed by atoms with Gasteiger partial charge in [-0.05, 0) is 36.6 Å². The number of unbranched alkanes of at least 4 members (excludes halogenated alkanes) is 1. The van der Waals surface area contributed by atoms with Crippen LogP contribution in [0.5, 0.6) is 0 Å². The third-order valence-electron chi connectivity index (χ3n) is 1.64. The Bertz CT molecular complexity index is 238. The molecule has 0 unspecified atom stereocenters. The van der Waals surface area contributed by atoms with E-state index in [9.17, 15) is 4.39 Å². The van der Waals surface area contributed by atoms with Gasteiger partial charge in [-0.2, -0.15) is 0 Å². The van der Waals surface area contributed by atoms with Gasteiger partial charge >= 0.3 is 0 Å². The molecule has 0 aliphatic carbocycles. The third-order valence-corrected chi connectivity index (χ3v) is 2.10. The van der Waals surface area contributed by atoms with Gasteiger partial charge in [-0.15, -0.1) is 0 Å². The molecule has 0 amide bonds. The number of hydrogen-bond acceptors (Lipinski definition) is 0. The Morgan fingerprint density at radius 1 is 1.33 bits per heavy atom. The Kier molecular flexibility index (Phi) is 3.73. The monoisotopic (exact) mass is 229 g/mol. The predicted octanol–water partition coefficient (Wildman–Crippen LogP) is 3.74. The van der Waals surface area contributed by atoms with Gasteiger partial charge in [-0.1, -0.05) is 29.3 Å². The van der Waals surface area contributed by atoms with Crippen LogP contribution in [0.3, 0.4) is 0 Å². The zero-order valence-corrected chi connectivity index (χ0v) is 8.40. The van der Waals surface area contributed by atoms with E-state index in [4.69, 9.17) is 0 Å². The second-order valence-corrected chi connectivity index (χ2v) is 3.65. The van der Waals surface area contributed by atoms with Crippen LogP contribution in [0.1, 0.15) is 18.4 Å². The van der Waals surface area contributed by atoms with Gasteiger partial charge in [0.15, 0.2) is 0 Å². The highest BCUT2D eigenvalue weighted by Gasteiger charge is 1.97. The van der Waals surface area contributed by atoms with E-state index in [1.807, 2.05) is 6.07 Å². The van der Waals surface area contributed by atoms with Crippen LogP contribution in [0.2, 0.25) is 0 Å². The second kappa shape index (κ2) is 4.61. The minimum atomic E-state index is -0.177. The van der Waals surface area contributed by atoms with E-state index in [2.05, 4.69) is 22.9 Å². The zero-order chi connectivity index (χ0) is 8.97. The Labute approximate surface area is 80.9 Å². The van der Waals surface area contributed by atoms with Crippen LogP contribution in [0.4, 0.5) is 4.39 Å². The fraction of sp³-hybridized carbons (Fsp3) is 0.300. The molecule has 1 aromatic carbocycles. The molecule has 0 heterocycles. The summed E-state index contributed by atoms with van der Waals surface area (Å²) in [5, 5.41) is 0. The SMILES string of the molecule is [CH2]CCCc1cc(F)cc(Br)c1. The van der Waals surface area contributed by atoms with Crippen molar-refractivity contribution in [2.24, 2.45) is 0 Å². The molecule has 1 rings (SSSR count). The molecule has 0 aliphatic heterocycles. The van der Waals surface area contributed by atoms with Crippen LogP contribution in [-0.4, -0.2) is 0 Å². The first-order chi connectivity index (χ1) is 5.72. The standard InChI is InChI=1S/C10H11BrF/c1-2-3-4-8-5-9(11)7-10(12)6-8/h5-7H,1-4H2. The van der Waals surface area contributed by atoms with Gasteiger partial charge in [0, 0.05) is 4.47 Å². The molecule has 0 N–H and O–H groups in total. The summed E-state index contributed by atoms with van der Waals surface area (Å²) in [7, 11) is 0. The van der Waals surface area contributed by atoms with E-state index < -0.39 is 0 Å². The van der Waals surface area contributed by atoms with Crippen LogP contribution in [0, 0.1) is 12.7 Å². The number of hydrogen-bond donors (Lipinski definition) is 0. The summed E-state index contributed by atoms with van der Waals surface area (Å²) in [6.07, 6.45) is 2.81. The van der Waals surface area contributed by atoms with Crippen molar-refractivity contribution in [1.29, 1.82) is 0 Å². The molecular formula is C10H11BrF. The summed E-state index contributed by atoms with van der Waals surface area (Å²) in [6.45, 7) is 3.74. The lowest BCUT2D eigenvalue weighted by Crippen LogP contribution is -1.86. The molecule has 0 nitrogen and oxygen atoms in total. The lowest BCUT2D eigenvalue weighted by molar-refractivity contribution is 0.623. The molecule has 0 spiro atoms. The molecule has 0 aliphatic rings. The Balaban J connectivity index is 2.72. The van der Waals surface area contributed by atoms with Crippen molar-refractivity contribution in [3.05, 3.63) is 41.0 Å². The molecule has 0 saturated heterocycles. The normalized spacial score (nSPS) is 10.2. The minimum absolute atomic E-state index is 0.177. The van der Waals surface area contributed by atoms with Crippen LogP contribution < -0.4 is 0 Å². The highest BCUT2D eigenvalue weighted by atomic mass is 79.9. The van der Waals surface area contributed by atoms with Crippen LogP contribution in [0.15, 0.2) is 22.7 Å². The molecule has 12 heavy (non-hydrogen) atoms. The topological polar surface area (TPSA) is 0 Å². The van der Waals surface area contributed by atoms with E-state index in [1.165, 1.54) is 6.07 Å². The second-order valence-electron chi connectivity index (χ2n) is 2.73. The number of benzene rings is 1. The maximum absolute atomic E-state index is 12.8. The van der Waals surface area contributed by atoms with Crippen molar-refractivity contribution < 1.29 is 4.39 Å². The van der Waals surface area contributed by atoms with Crippen LogP contribution in [-0.2, 0) is 6.42 Å². The summed E-state index contributed by atoms with van der Waals surface area (Å²) < 4.78 is 13.6. The van der Waals surface area contributed by atoms with Crippen molar-refractivity contribution >= 4 is 15.9 Å². The quantitative estimate of drug-likeness (QED) is 0.741. The average molecular weight is 230 g/mol. The zero-order valence-electron chi connectivity index (χ0n) is 6.82. The highest BCUT2D eigenvalue weighted by Crippen LogP contribution is 2.16. The van der Waals surface area contributed by atoms with Crippen molar-refractivity contribution in [2.75, 3.05) is 0 Å². The summed E-state index contributed by atoms with van der Waals surface area (Å²) in [6, 6.07) is 4.98. The third kappa shape index (κ3) is 2.94. The van der Waals surface area contributed by atoms with E-state index in [-0.39, 0.29) is 5.82 Å². The van der Waals surface area contributed by atoms with Gasteiger partial charge in [0.1, 0.15) is 5.82 Å². The fourth-order valence-electron chi connectivity index (χ4n) is 1.08.